The van der Waals surface area contributed by atoms with E-state index in [0.29, 0.717) is 17.5 Å². The van der Waals surface area contributed by atoms with Gasteiger partial charge in [0.2, 0.25) is 0 Å². The summed E-state index contributed by atoms with van der Waals surface area (Å²) in [6, 6.07) is 4.16. The number of aryl methyl sites for hydroxylation is 1. The Morgan fingerprint density at radius 3 is 2.56 bits per heavy atom. The third kappa shape index (κ3) is 3.26. The molecule has 0 heterocycles. The van der Waals surface area contributed by atoms with Crippen LogP contribution in [0, 0.1) is 12.7 Å². The number of hydrogen-bond donors (Lipinski definition) is 0. The summed E-state index contributed by atoms with van der Waals surface area (Å²) in [5.41, 5.74) is 0.831. The van der Waals surface area contributed by atoms with Crippen molar-refractivity contribution in [2.45, 2.75) is 33.1 Å². The second kappa shape index (κ2) is 5.54. The van der Waals surface area contributed by atoms with Crippen molar-refractivity contribution in [3.8, 4) is 0 Å². The Labute approximate surface area is 94.5 Å². The minimum Gasteiger partial charge on any atom is -0.299 e. The number of rotatable bonds is 5. The van der Waals surface area contributed by atoms with Crippen molar-refractivity contribution >= 4 is 11.6 Å². The topological polar surface area (TPSA) is 34.1 Å². The molecule has 1 aromatic rings. The Hall–Kier alpha value is -1.51. The SMILES string of the molecule is CCCC(=O)CC(=O)c1ccc(F)c(C)c1. The fraction of sp³-hybridized carbons (Fsp3) is 0.385. The van der Waals surface area contributed by atoms with Crippen LogP contribution in [0.25, 0.3) is 0 Å². The Morgan fingerprint density at radius 2 is 2.00 bits per heavy atom. The van der Waals surface area contributed by atoms with Crippen molar-refractivity contribution in [3.63, 3.8) is 0 Å². The summed E-state index contributed by atoms with van der Waals surface area (Å²) in [4.78, 5) is 22.9. The maximum atomic E-state index is 13.0. The van der Waals surface area contributed by atoms with E-state index in [2.05, 4.69) is 0 Å². The standard InChI is InChI=1S/C13H15FO2/c1-3-4-11(15)8-13(16)10-5-6-12(14)9(2)7-10/h5-7H,3-4,8H2,1-2H3. The highest BCUT2D eigenvalue weighted by Crippen LogP contribution is 2.11. The molecule has 0 amide bonds. The lowest BCUT2D eigenvalue weighted by molar-refractivity contribution is -0.118. The summed E-state index contributed by atoms with van der Waals surface area (Å²) in [6.07, 6.45) is 1.08. The van der Waals surface area contributed by atoms with Crippen LogP contribution in [0.1, 0.15) is 42.1 Å². The number of Topliss-reactive ketones (excluding diaryl/α,β-unsaturated/α-hetero) is 2. The molecule has 3 heteroatoms. The second-order valence-corrected chi connectivity index (χ2v) is 3.85. The van der Waals surface area contributed by atoms with Crippen molar-refractivity contribution in [1.82, 2.24) is 0 Å². The maximum absolute atomic E-state index is 13.0. The van der Waals surface area contributed by atoms with Gasteiger partial charge in [-0.05, 0) is 37.1 Å². The van der Waals surface area contributed by atoms with E-state index >= 15 is 0 Å². The van der Waals surface area contributed by atoms with E-state index in [0.717, 1.165) is 6.42 Å². The Balaban J connectivity index is 2.73. The molecule has 0 saturated carbocycles. The molecule has 0 atom stereocenters. The summed E-state index contributed by atoms with van der Waals surface area (Å²) >= 11 is 0. The van der Waals surface area contributed by atoms with Gasteiger partial charge >= 0.3 is 0 Å². The predicted octanol–water partition coefficient (Wildman–Crippen LogP) is 3.08. The van der Waals surface area contributed by atoms with E-state index in [1.165, 1.54) is 18.2 Å². The first-order valence-corrected chi connectivity index (χ1v) is 5.35. The highest BCUT2D eigenvalue weighted by molar-refractivity contribution is 6.07. The molecule has 0 aromatic heterocycles. The molecule has 0 aliphatic rings. The lowest BCUT2D eigenvalue weighted by atomic mass is 10.0. The number of carbonyl (C=O) groups excluding carboxylic acids is 2. The zero-order chi connectivity index (χ0) is 12.1. The molecule has 0 fully saturated rings. The zero-order valence-electron chi connectivity index (χ0n) is 9.55. The molecule has 0 N–H and O–H groups in total. The first kappa shape index (κ1) is 12.6. The molecule has 0 radical (unpaired) electrons. The number of halogens is 1. The summed E-state index contributed by atoms with van der Waals surface area (Å²) < 4.78 is 13.0. The van der Waals surface area contributed by atoms with Crippen LogP contribution < -0.4 is 0 Å². The van der Waals surface area contributed by atoms with Crippen LogP contribution in [-0.2, 0) is 4.79 Å². The van der Waals surface area contributed by atoms with E-state index in [-0.39, 0.29) is 23.8 Å². The number of hydrogen-bond acceptors (Lipinski definition) is 2. The molecule has 0 aliphatic heterocycles. The summed E-state index contributed by atoms with van der Waals surface area (Å²) in [6.45, 7) is 3.49. The van der Waals surface area contributed by atoms with Crippen LogP contribution in [0.2, 0.25) is 0 Å². The molecule has 16 heavy (non-hydrogen) atoms. The lowest BCUT2D eigenvalue weighted by Crippen LogP contribution is -2.08. The molecular weight excluding hydrogens is 207 g/mol. The molecule has 0 aliphatic carbocycles. The fourth-order valence-corrected chi connectivity index (χ4v) is 1.47. The first-order valence-electron chi connectivity index (χ1n) is 5.35. The van der Waals surface area contributed by atoms with E-state index < -0.39 is 0 Å². The molecule has 2 nitrogen and oxygen atoms in total. The molecule has 0 saturated heterocycles. The minimum atomic E-state index is -0.337. The Bertz CT molecular complexity index is 410. The predicted molar refractivity (Wildman–Crippen MR) is 60.0 cm³/mol. The third-order valence-electron chi connectivity index (χ3n) is 2.37. The van der Waals surface area contributed by atoms with Gasteiger partial charge in [-0.1, -0.05) is 6.92 Å². The molecule has 1 rings (SSSR count). The van der Waals surface area contributed by atoms with Crippen LogP contribution in [-0.4, -0.2) is 11.6 Å². The van der Waals surface area contributed by atoms with E-state index in [1.807, 2.05) is 6.92 Å². The average molecular weight is 222 g/mol. The van der Waals surface area contributed by atoms with E-state index in [1.54, 1.807) is 6.92 Å². The molecular formula is C13H15FO2. The second-order valence-electron chi connectivity index (χ2n) is 3.85. The van der Waals surface area contributed by atoms with Crippen LogP contribution in [0.4, 0.5) is 4.39 Å². The van der Waals surface area contributed by atoms with Crippen molar-refractivity contribution in [3.05, 3.63) is 35.1 Å². The number of benzene rings is 1. The summed E-state index contributed by atoms with van der Waals surface area (Å²) in [7, 11) is 0. The van der Waals surface area contributed by atoms with Gasteiger partial charge in [-0.2, -0.15) is 0 Å². The Kier molecular flexibility index (Phi) is 4.35. The van der Waals surface area contributed by atoms with Crippen molar-refractivity contribution in [1.29, 1.82) is 0 Å². The van der Waals surface area contributed by atoms with Crippen molar-refractivity contribution < 1.29 is 14.0 Å². The molecule has 0 bridgehead atoms. The highest BCUT2D eigenvalue weighted by atomic mass is 19.1. The third-order valence-corrected chi connectivity index (χ3v) is 2.37. The first-order chi connectivity index (χ1) is 7.54. The monoisotopic (exact) mass is 222 g/mol. The van der Waals surface area contributed by atoms with Gasteiger partial charge in [-0.25, -0.2) is 4.39 Å². The smallest absolute Gasteiger partial charge is 0.170 e. The van der Waals surface area contributed by atoms with Gasteiger partial charge in [0.25, 0.3) is 0 Å². The highest BCUT2D eigenvalue weighted by Gasteiger charge is 2.12. The lowest BCUT2D eigenvalue weighted by Gasteiger charge is -2.02. The summed E-state index contributed by atoms with van der Waals surface area (Å²) in [5.74, 6) is -0.632. The van der Waals surface area contributed by atoms with Gasteiger partial charge in [0.15, 0.2) is 5.78 Å². The molecule has 86 valence electrons. The molecule has 0 spiro atoms. The number of ketones is 2. The van der Waals surface area contributed by atoms with Gasteiger partial charge in [-0.3, -0.25) is 9.59 Å². The Morgan fingerprint density at radius 1 is 1.31 bits per heavy atom. The van der Waals surface area contributed by atoms with Gasteiger partial charge in [0.05, 0.1) is 6.42 Å². The van der Waals surface area contributed by atoms with E-state index in [4.69, 9.17) is 0 Å². The maximum Gasteiger partial charge on any atom is 0.170 e. The number of carbonyl (C=O) groups is 2. The van der Waals surface area contributed by atoms with Crippen LogP contribution in [0.5, 0.6) is 0 Å². The van der Waals surface area contributed by atoms with Gasteiger partial charge < -0.3 is 0 Å². The van der Waals surface area contributed by atoms with Gasteiger partial charge in [0.1, 0.15) is 11.6 Å². The normalized spacial score (nSPS) is 10.2. The fourth-order valence-electron chi connectivity index (χ4n) is 1.47. The van der Waals surface area contributed by atoms with Crippen LogP contribution in [0.15, 0.2) is 18.2 Å². The zero-order valence-corrected chi connectivity index (χ0v) is 9.55. The van der Waals surface area contributed by atoms with Crippen molar-refractivity contribution in [2.24, 2.45) is 0 Å². The van der Waals surface area contributed by atoms with Gasteiger partial charge in [0, 0.05) is 12.0 Å². The largest absolute Gasteiger partial charge is 0.299 e. The van der Waals surface area contributed by atoms with Crippen molar-refractivity contribution in [2.75, 3.05) is 0 Å². The quantitative estimate of drug-likeness (QED) is 0.566. The van der Waals surface area contributed by atoms with Gasteiger partial charge in [-0.15, -0.1) is 0 Å². The molecule has 0 unspecified atom stereocenters. The summed E-state index contributed by atoms with van der Waals surface area (Å²) in [5, 5.41) is 0. The molecule has 1 aromatic carbocycles. The average Bonchev–Trinajstić information content (AvgIpc) is 2.22. The van der Waals surface area contributed by atoms with Crippen LogP contribution in [0.3, 0.4) is 0 Å². The van der Waals surface area contributed by atoms with Crippen LogP contribution >= 0.6 is 0 Å². The van der Waals surface area contributed by atoms with E-state index in [9.17, 15) is 14.0 Å². The minimum absolute atomic E-state index is 0.0607.